The van der Waals surface area contributed by atoms with Gasteiger partial charge in [0.1, 0.15) is 12.6 Å². The highest BCUT2D eigenvalue weighted by molar-refractivity contribution is 5.81. The number of benzene rings is 1. The van der Waals surface area contributed by atoms with Gasteiger partial charge < -0.3 is 9.84 Å². The predicted octanol–water partition coefficient (Wildman–Crippen LogP) is 3.01. The van der Waals surface area contributed by atoms with E-state index in [0.717, 1.165) is 11.1 Å². The van der Waals surface area contributed by atoms with Gasteiger partial charge >= 0.3 is 12.1 Å². The topological polar surface area (TPSA) is 79.7 Å². The van der Waals surface area contributed by atoms with Gasteiger partial charge in [0.2, 0.25) is 0 Å². The molecule has 3 rings (SSSR count). The normalized spacial score (nSPS) is 19.9. The zero-order chi connectivity index (χ0) is 16.9. The van der Waals surface area contributed by atoms with E-state index in [-0.39, 0.29) is 12.6 Å². The number of nitrogens with zero attached hydrogens (tertiary/aromatic N) is 2. The summed E-state index contributed by atoms with van der Waals surface area (Å²) in [5.74, 6) is -1.02. The van der Waals surface area contributed by atoms with Crippen LogP contribution in [0.1, 0.15) is 30.0 Å². The summed E-state index contributed by atoms with van der Waals surface area (Å²) in [7, 11) is 0. The van der Waals surface area contributed by atoms with Crippen LogP contribution in [0.5, 0.6) is 0 Å². The molecule has 1 aliphatic rings. The maximum Gasteiger partial charge on any atom is 0.411 e. The Hall–Kier alpha value is -2.89. The molecular weight excluding hydrogens is 308 g/mol. The molecule has 1 N–H and O–H groups in total. The Labute approximate surface area is 139 Å². The van der Waals surface area contributed by atoms with E-state index >= 15 is 0 Å². The lowest BCUT2D eigenvalue weighted by atomic mass is 10.1. The fraction of sp³-hybridized carbons (Fsp3) is 0.278. The summed E-state index contributed by atoms with van der Waals surface area (Å²) in [5, 5.41) is 9.42. The fourth-order valence-corrected chi connectivity index (χ4v) is 3.00. The van der Waals surface area contributed by atoms with E-state index in [4.69, 9.17) is 4.74 Å². The number of hydrogen-bond donors (Lipinski definition) is 1. The first-order valence-electron chi connectivity index (χ1n) is 7.78. The number of likely N-dealkylation sites (tertiary alicyclic amines) is 1. The minimum absolute atomic E-state index is 0.113. The molecule has 1 aromatic heterocycles. The summed E-state index contributed by atoms with van der Waals surface area (Å²) in [4.78, 5) is 29.4. The first-order valence-corrected chi connectivity index (χ1v) is 7.78. The molecule has 1 saturated heterocycles. The first-order chi connectivity index (χ1) is 11.7. The number of carbonyl (C=O) groups excluding carboxylic acids is 1. The Balaban J connectivity index is 1.77. The van der Waals surface area contributed by atoms with Crippen LogP contribution in [-0.2, 0) is 16.1 Å². The summed E-state index contributed by atoms with van der Waals surface area (Å²) in [5.41, 5.74) is 1.67. The van der Waals surface area contributed by atoms with E-state index in [1.54, 1.807) is 18.5 Å². The summed E-state index contributed by atoms with van der Waals surface area (Å²) in [6.07, 6.45) is 3.66. The van der Waals surface area contributed by atoms with Gasteiger partial charge in [0.05, 0.1) is 6.04 Å². The van der Waals surface area contributed by atoms with Crippen molar-refractivity contribution < 1.29 is 19.4 Å². The van der Waals surface area contributed by atoms with E-state index in [1.807, 2.05) is 36.4 Å². The van der Waals surface area contributed by atoms with Crippen molar-refractivity contribution in [1.29, 1.82) is 0 Å². The summed E-state index contributed by atoms with van der Waals surface area (Å²) >= 11 is 0. The Kier molecular flexibility index (Phi) is 4.74. The van der Waals surface area contributed by atoms with Crippen molar-refractivity contribution >= 4 is 12.1 Å². The van der Waals surface area contributed by atoms with Crippen LogP contribution >= 0.6 is 0 Å². The standard InChI is InChI=1S/C18H18N2O4/c21-17(22)16-9-8-15(14-7-4-10-19-11-14)20(16)18(23)24-12-13-5-2-1-3-6-13/h1-7,10-11,15-16H,8-9,12H2,(H,21,22)/t15-,16+/m1/s1. The number of aromatic nitrogens is 1. The lowest BCUT2D eigenvalue weighted by Crippen LogP contribution is -2.42. The van der Waals surface area contributed by atoms with Gasteiger partial charge in [-0.3, -0.25) is 9.88 Å². The lowest BCUT2D eigenvalue weighted by molar-refractivity contribution is -0.142. The van der Waals surface area contributed by atoms with Gasteiger partial charge in [-0.25, -0.2) is 9.59 Å². The highest BCUT2D eigenvalue weighted by atomic mass is 16.6. The van der Waals surface area contributed by atoms with Gasteiger partial charge in [-0.05, 0) is 30.0 Å². The first kappa shape index (κ1) is 16.0. The quantitative estimate of drug-likeness (QED) is 0.934. The summed E-state index contributed by atoms with van der Waals surface area (Å²) in [6, 6.07) is 11.7. The molecule has 2 heterocycles. The molecule has 1 fully saturated rings. The number of carboxylic acids is 1. The van der Waals surface area contributed by atoms with E-state index in [9.17, 15) is 14.7 Å². The van der Waals surface area contributed by atoms with Gasteiger partial charge in [-0.1, -0.05) is 36.4 Å². The maximum atomic E-state index is 12.5. The van der Waals surface area contributed by atoms with E-state index < -0.39 is 18.1 Å². The monoisotopic (exact) mass is 326 g/mol. The van der Waals surface area contributed by atoms with Crippen LogP contribution in [0.15, 0.2) is 54.9 Å². The minimum atomic E-state index is -1.02. The number of rotatable bonds is 4. The average molecular weight is 326 g/mol. The van der Waals surface area contributed by atoms with E-state index in [2.05, 4.69) is 4.98 Å². The average Bonchev–Trinajstić information content (AvgIpc) is 3.07. The fourth-order valence-electron chi connectivity index (χ4n) is 3.00. The Morgan fingerprint density at radius 1 is 1.17 bits per heavy atom. The van der Waals surface area contributed by atoms with Crippen molar-refractivity contribution in [2.75, 3.05) is 0 Å². The molecule has 0 saturated carbocycles. The highest BCUT2D eigenvalue weighted by Crippen LogP contribution is 2.36. The molecule has 6 nitrogen and oxygen atoms in total. The Bertz CT molecular complexity index is 705. The van der Waals surface area contributed by atoms with Crippen LogP contribution in [0.25, 0.3) is 0 Å². The molecule has 2 aromatic rings. The number of pyridine rings is 1. The van der Waals surface area contributed by atoms with E-state index in [1.165, 1.54) is 4.90 Å². The second kappa shape index (κ2) is 7.12. The molecule has 0 radical (unpaired) electrons. The molecule has 124 valence electrons. The molecule has 1 aliphatic heterocycles. The maximum absolute atomic E-state index is 12.5. The molecule has 24 heavy (non-hydrogen) atoms. The van der Waals surface area contributed by atoms with Crippen LogP contribution < -0.4 is 0 Å². The second-order valence-corrected chi connectivity index (χ2v) is 5.68. The van der Waals surface area contributed by atoms with Crippen LogP contribution in [-0.4, -0.2) is 33.1 Å². The lowest BCUT2D eigenvalue weighted by Gasteiger charge is -2.27. The van der Waals surface area contributed by atoms with Crippen LogP contribution in [0, 0.1) is 0 Å². The number of carbonyl (C=O) groups is 2. The molecule has 0 aliphatic carbocycles. The van der Waals surface area contributed by atoms with Crippen molar-refractivity contribution in [2.24, 2.45) is 0 Å². The van der Waals surface area contributed by atoms with Crippen LogP contribution in [0.4, 0.5) is 4.79 Å². The van der Waals surface area contributed by atoms with Crippen molar-refractivity contribution in [1.82, 2.24) is 9.88 Å². The van der Waals surface area contributed by atoms with Crippen molar-refractivity contribution in [3.63, 3.8) is 0 Å². The smallest absolute Gasteiger partial charge is 0.411 e. The highest BCUT2D eigenvalue weighted by Gasteiger charge is 2.42. The Morgan fingerprint density at radius 2 is 1.96 bits per heavy atom. The molecule has 1 amide bonds. The molecule has 1 aromatic carbocycles. The van der Waals surface area contributed by atoms with Crippen LogP contribution in [0.2, 0.25) is 0 Å². The van der Waals surface area contributed by atoms with Gasteiger partial charge in [0.25, 0.3) is 0 Å². The predicted molar refractivity (Wildman–Crippen MR) is 86.1 cm³/mol. The van der Waals surface area contributed by atoms with Crippen LogP contribution in [0.3, 0.4) is 0 Å². The number of ether oxygens (including phenoxy) is 1. The number of hydrogen-bond acceptors (Lipinski definition) is 4. The molecule has 0 spiro atoms. The Morgan fingerprint density at radius 3 is 2.62 bits per heavy atom. The van der Waals surface area contributed by atoms with Crippen molar-refractivity contribution in [3.8, 4) is 0 Å². The number of carboxylic acid groups (broad SMARTS) is 1. The van der Waals surface area contributed by atoms with Gasteiger partial charge in [-0.2, -0.15) is 0 Å². The SMILES string of the molecule is O=C(O)[C@@H]1CC[C@H](c2cccnc2)N1C(=O)OCc1ccccc1. The molecule has 6 heteroatoms. The molecule has 0 unspecified atom stereocenters. The molecule has 2 atom stereocenters. The van der Waals surface area contributed by atoms with Crippen molar-refractivity contribution in [3.05, 3.63) is 66.0 Å². The molecule has 0 bridgehead atoms. The zero-order valence-electron chi connectivity index (χ0n) is 13.0. The third-order valence-corrected chi connectivity index (χ3v) is 4.16. The summed E-state index contributed by atoms with van der Waals surface area (Å²) < 4.78 is 5.35. The second-order valence-electron chi connectivity index (χ2n) is 5.68. The third kappa shape index (κ3) is 3.37. The summed E-state index contributed by atoms with van der Waals surface area (Å²) in [6.45, 7) is 0.113. The van der Waals surface area contributed by atoms with E-state index in [0.29, 0.717) is 12.8 Å². The van der Waals surface area contributed by atoms with Crippen molar-refractivity contribution in [2.45, 2.75) is 31.5 Å². The zero-order valence-corrected chi connectivity index (χ0v) is 13.0. The minimum Gasteiger partial charge on any atom is -0.480 e. The largest absolute Gasteiger partial charge is 0.480 e. The van der Waals surface area contributed by atoms with Gasteiger partial charge in [0.15, 0.2) is 0 Å². The number of aliphatic carboxylic acids is 1. The van der Waals surface area contributed by atoms with Gasteiger partial charge in [0, 0.05) is 12.4 Å². The van der Waals surface area contributed by atoms with Gasteiger partial charge in [-0.15, -0.1) is 0 Å². The third-order valence-electron chi connectivity index (χ3n) is 4.16. The number of amides is 1. The molecular formula is C18H18N2O4.